The fraction of sp³-hybridized carbons (Fsp3) is 0.550. The van der Waals surface area contributed by atoms with Crippen molar-refractivity contribution < 1.29 is 9.47 Å². The van der Waals surface area contributed by atoms with Crippen molar-refractivity contribution in [1.82, 2.24) is 25.4 Å². The Morgan fingerprint density at radius 2 is 2.10 bits per heavy atom. The third kappa shape index (κ3) is 6.76. The molecule has 2 aromatic rings. The summed E-state index contributed by atoms with van der Waals surface area (Å²) in [5, 5.41) is 10.4. The minimum Gasteiger partial charge on any atom is -0.497 e. The van der Waals surface area contributed by atoms with E-state index in [4.69, 9.17) is 14.5 Å². The van der Waals surface area contributed by atoms with Gasteiger partial charge in [-0.3, -0.25) is 5.10 Å². The summed E-state index contributed by atoms with van der Waals surface area (Å²) in [7, 11) is 1.65. The van der Waals surface area contributed by atoms with Gasteiger partial charge >= 0.3 is 0 Å². The smallest absolute Gasteiger partial charge is 0.194 e. The number of ether oxygens (including phenoxy) is 2. The third-order valence-corrected chi connectivity index (χ3v) is 4.83. The van der Waals surface area contributed by atoms with Gasteiger partial charge in [-0.2, -0.15) is 5.10 Å². The maximum Gasteiger partial charge on any atom is 0.194 e. The SMILES string of the molecule is CCNC(=NCC(C)Oc1cccc(OC)c1)N1CCC(c2ncn[nH]2)CC1.I. The molecular formula is C20H31IN6O2. The molecule has 1 saturated heterocycles. The minimum absolute atomic E-state index is 0. The van der Waals surface area contributed by atoms with Gasteiger partial charge in [-0.05, 0) is 38.8 Å². The number of H-pyrrole nitrogens is 1. The van der Waals surface area contributed by atoms with Gasteiger partial charge in [0.05, 0.1) is 13.7 Å². The van der Waals surface area contributed by atoms with E-state index in [9.17, 15) is 0 Å². The Labute approximate surface area is 189 Å². The number of halogens is 1. The van der Waals surface area contributed by atoms with Crippen LogP contribution in [0.4, 0.5) is 0 Å². The van der Waals surface area contributed by atoms with E-state index in [1.165, 1.54) is 0 Å². The fourth-order valence-corrected chi connectivity index (χ4v) is 3.36. The third-order valence-electron chi connectivity index (χ3n) is 4.83. The van der Waals surface area contributed by atoms with Gasteiger partial charge < -0.3 is 19.7 Å². The Morgan fingerprint density at radius 3 is 2.76 bits per heavy atom. The second kappa shape index (κ2) is 11.8. The molecule has 1 aliphatic rings. The quantitative estimate of drug-likeness (QED) is 0.336. The van der Waals surface area contributed by atoms with Crippen molar-refractivity contribution in [2.45, 2.75) is 38.7 Å². The van der Waals surface area contributed by atoms with Crippen LogP contribution in [0.25, 0.3) is 0 Å². The Morgan fingerprint density at radius 1 is 1.34 bits per heavy atom. The number of piperidine rings is 1. The van der Waals surface area contributed by atoms with E-state index < -0.39 is 0 Å². The average molecular weight is 514 g/mol. The Kier molecular flexibility index (Phi) is 9.49. The topological polar surface area (TPSA) is 87.7 Å². The van der Waals surface area contributed by atoms with Crippen molar-refractivity contribution in [2.75, 3.05) is 33.3 Å². The standard InChI is InChI=1S/C20H30N6O2.HI/c1-4-21-20(26-10-8-16(9-11-26)19-23-14-24-25-19)22-13-15(2)28-18-7-5-6-17(12-18)27-3;/h5-7,12,14-16H,4,8-11,13H2,1-3H3,(H,21,22)(H,23,24,25);1H. The zero-order valence-electron chi connectivity index (χ0n) is 17.3. The van der Waals surface area contributed by atoms with Crippen LogP contribution in [0.5, 0.6) is 11.5 Å². The van der Waals surface area contributed by atoms with Crippen LogP contribution in [0.3, 0.4) is 0 Å². The zero-order chi connectivity index (χ0) is 19.8. The summed E-state index contributed by atoms with van der Waals surface area (Å²) in [4.78, 5) is 11.4. The highest BCUT2D eigenvalue weighted by atomic mass is 127. The van der Waals surface area contributed by atoms with E-state index in [-0.39, 0.29) is 30.1 Å². The number of likely N-dealkylation sites (tertiary alicyclic amines) is 1. The largest absolute Gasteiger partial charge is 0.497 e. The van der Waals surface area contributed by atoms with Gasteiger partial charge in [-0.1, -0.05) is 6.07 Å². The van der Waals surface area contributed by atoms with Crippen LogP contribution in [-0.2, 0) is 0 Å². The van der Waals surface area contributed by atoms with Crippen LogP contribution in [0.1, 0.15) is 38.4 Å². The molecule has 2 N–H and O–H groups in total. The summed E-state index contributed by atoms with van der Waals surface area (Å²) in [6.07, 6.45) is 3.62. The number of methoxy groups -OCH3 is 1. The molecule has 2 heterocycles. The average Bonchev–Trinajstić information content (AvgIpc) is 3.26. The van der Waals surface area contributed by atoms with E-state index in [0.717, 1.165) is 55.8 Å². The predicted molar refractivity (Wildman–Crippen MR) is 124 cm³/mol. The summed E-state index contributed by atoms with van der Waals surface area (Å²) in [5.74, 6) is 3.95. The number of hydrogen-bond donors (Lipinski definition) is 2. The molecule has 1 aromatic heterocycles. The molecule has 0 amide bonds. The van der Waals surface area contributed by atoms with Crippen LogP contribution in [-0.4, -0.2) is 65.4 Å². The van der Waals surface area contributed by atoms with Crippen molar-refractivity contribution in [3.05, 3.63) is 36.4 Å². The minimum atomic E-state index is -0.0347. The van der Waals surface area contributed by atoms with Crippen molar-refractivity contribution >= 4 is 29.9 Å². The molecule has 9 heteroatoms. The van der Waals surface area contributed by atoms with Gasteiger partial charge in [-0.15, -0.1) is 24.0 Å². The lowest BCUT2D eigenvalue weighted by Crippen LogP contribution is -2.45. The van der Waals surface area contributed by atoms with Crippen LogP contribution in [0.2, 0.25) is 0 Å². The molecule has 0 radical (unpaired) electrons. The highest BCUT2D eigenvalue weighted by Gasteiger charge is 2.24. The van der Waals surface area contributed by atoms with E-state index in [1.807, 2.05) is 31.2 Å². The maximum absolute atomic E-state index is 5.99. The van der Waals surface area contributed by atoms with Crippen LogP contribution in [0.15, 0.2) is 35.6 Å². The molecule has 3 rings (SSSR count). The number of nitrogens with zero attached hydrogens (tertiary/aromatic N) is 4. The molecule has 29 heavy (non-hydrogen) atoms. The lowest BCUT2D eigenvalue weighted by atomic mass is 9.96. The van der Waals surface area contributed by atoms with Crippen molar-refractivity contribution in [3.63, 3.8) is 0 Å². The lowest BCUT2D eigenvalue weighted by Gasteiger charge is -2.33. The summed E-state index contributed by atoms with van der Waals surface area (Å²) in [5.41, 5.74) is 0. The molecule has 160 valence electrons. The van der Waals surface area contributed by atoms with E-state index in [2.05, 4.69) is 32.3 Å². The zero-order valence-corrected chi connectivity index (χ0v) is 19.6. The molecule has 1 aliphatic heterocycles. The molecule has 1 aromatic carbocycles. The van der Waals surface area contributed by atoms with Crippen LogP contribution >= 0.6 is 24.0 Å². The summed E-state index contributed by atoms with van der Waals surface area (Å²) < 4.78 is 11.2. The number of guanidine groups is 1. The highest BCUT2D eigenvalue weighted by Crippen LogP contribution is 2.25. The van der Waals surface area contributed by atoms with Crippen molar-refractivity contribution in [1.29, 1.82) is 0 Å². The normalized spacial score (nSPS) is 16.1. The second-order valence-corrected chi connectivity index (χ2v) is 6.93. The second-order valence-electron chi connectivity index (χ2n) is 6.93. The first-order valence-electron chi connectivity index (χ1n) is 9.88. The molecule has 0 spiro atoms. The van der Waals surface area contributed by atoms with Gasteiger partial charge in [-0.25, -0.2) is 9.98 Å². The molecule has 0 aliphatic carbocycles. The van der Waals surface area contributed by atoms with Gasteiger partial charge in [0.1, 0.15) is 29.8 Å². The summed E-state index contributed by atoms with van der Waals surface area (Å²) in [6.45, 7) is 7.44. The lowest BCUT2D eigenvalue weighted by molar-refractivity contribution is 0.227. The molecule has 1 fully saturated rings. The van der Waals surface area contributed by atoms with Crippen LogP contribution < -0.4 is 14.8 Å². The number of hydrogen-bond acceptors (Lipinski definition) is 5. The van der Waals surface area contributed by atoms with Crippen molar-refractivity contribution in [2.24, 2.45) is 4.99 Å². The highest BCUT2D eigenvalue weighted by molar-refractivity contribution is 14.0. The maximum atomic E-state index is 5.99. The van der Waals surface area contributed by atoms with Crippen LogP contribution in [0, 0.1) is 0 Å². The summed E-state index contributed by atoms with van der Waals surface area (Å²) >= 11 is 0. The number of nitrogens with one attached hydrogen (secondary N) is 2. The first-order valence-corrected chi connectivity index (χ1v) is 9.88. The molecule has 8 nitrogen and oxygen atoms in total. The predicted octanol–water partition coefficient (Wildman–Crippen LogP) is 3.04. The van der Waals surface area contributed by atoms with E-state index >= 15 is 0 Å². The molecule has 1 unspecified atom stereocenters. The van der Waals surface area contributed by atoms with Gasteiger partial charge in [0.15, 0.2) is 5.96 Å². The number of aromatic amines is 1. The van der Waals surface area contributed by atoms with Gasteiger partial charge in [0, 0.05) is 31.6 Å². The monoisotopic (exact) mass is 514 g/mol. The van der Waals surface area contributed by atoms with Crippen molar-refractivity contribution in [3.8, 4) is 11.5 Å². The summed E-state index contributed by atoms with van der Waals surface area (Å²) in [6, 6.07) is 7.65. The first-order chi connectivity index (χ1) is 13.7. The Bertz CT molecular complexity index is 747. The number of aliphatic imine (C=N–C) groups is 1. The van der Waals surface area contributed by atoms with E-state index in [0.29, 0.717) is 12.5 Å². The molecule has 0 saturated carbocycles. The first kappa shape index (κ1) is 23.2. The molecular weight excluding hydrogens is 483 g/mol. The molecule has 1 atom stereocenters. The Hall–Kier alpha value is -2.04. The number of aromatic nitrogens is 3. The Balaban J connectivity index is 0.00000300. The fourth-order valence-electron chi connectivity index (χ4n) is 3.36. The van der Waals surface area contributed by atoms with Gasteiger partial charge in [0.2, 0.25) is 0 Å². The number of rotatable bonds is 7. The number of benzene rings is 1. The van der Waals surface area contributed by atoms with E-state index in [1.54, 1.807) is 13.4 Å². The van der Waals surface area contributed by atoms with Gasteiger partial charge in [0.25, 0.3) is 0 Å². The molecule has 0 bridgehead atoms.